The van der Waals surface area contributed by atoms with Crippen molar-refractivity contribution >= 4 is 10.2 Å². The minimum Gasteiger partial charge on any atom is -0.392 e. The van der Waals surface area contributed by atoms with Crippen LogP contribution in [0.3, 0.4) is 0 Å². The fourth-order valence-corrected chi connectivity index (χ4v) is 2.40. The van der Waals surface area contributed by atoms with Crippen LogP contribution in [-0.2, 0) is 10.2 Å². The lowest BCUT2D eigenvalue weighted by atomic mass is 10.0. The molecule has 1 fully saturated rings. The predicted molar refractivity (Wildman–Crippen MR) is 44.5 cm³/mol. The molecule has 1 rings (SSSR count). The van der Waals surface area contributed by atoms with Crippen molar-refractivity contribution < 1.29 is 13.5 Å². The van der Waals surface area contributed by atoms with E-state index in [2.05, 4.69) is 0 Å². The van der Waals surface area contributed by atoms with Gasteiger partial charge in [0.05, 0.1) is 6.10 Å². The molecule has 0 aromatic carbocycles. The van der Waals surface area contributed by atoms with Crippen molar-refractivity contribution in [2.24, 2.45) is 5.14 Å². The van der Waals surface area contributed by atoms with Crippen LogP contribution in [-0.4, -0.2) is 36.5 Å². The maximum absolute atomic E-state index is 10.9. The van der Waals surface area contributed by atoms with Gasteiger partial charge in [0.1, 0.15) is 0 Å². The number of nitrogens with zero attached hydrogens (tertiary/aromatic N) is 1. The van der Waals surface area contributed by atoms with Crippen molar-refractivity contribution in [2.45, 2.75) is 31.9 Å². The Balaban J connectivity index is 2.74. The first kappa shape index (κ1) is 9.91. The maximum Gasteiger partial charge on any atom is 0.277 e. The van der Waals surface area contributed by atoms with Gasteiger partial charge in [0.25, 0.3) is 10.2 Å². The number of aliphatic hydroxyl groups is 1. The molecule has 5 nitrogen and oxygen atoms in total. The zero-order valence-corrected chi connectivity index (χ0v) is 7.79. The molecule has 1 aliphatic rings. The fraction of sp³-hybridized carbons (Fsp3) is 1.00. The molecule has 0 unspecified atom stereocenters. The van der Waals surface area contributed by atoms with Gasteiger partial charge in [-0.2, -0.15) is 12.7 Å². The third-order valence-electron chi connectivity index (χ3n) is 2.13. The molecule has 1 saturated heterocycles. The van der Waals surface area contributed by atoms with E-state index in [4.69, 9.17) is 5.14 Å². The summed E-state index contributed by atoms with van der Waals surface area (Å²) in [5.41, 5.74) is 0. The Bertz CT molecular complexity index is 252. The first-order chi connectivity index (χ1) is 5.41. The van der Waals surface area contributed by atoms with Crippen molar-refractivity contribution in [3.05, 3.63) is 0 Å². The quantitative estimate of drug-likeness (QED) is 0.563. The third kappa shape index (κ3) is 2.16. The molecule has 1 heterocycles. The largest absolute Gasteiger partial charge is 0.392 e. The molecule has 0 spiro atoms. The van der Waals surface area contributed by atoms with Gasteiger partial charge in [-0.1, -0.05) is 0 Å². The van der Waals surface area contributed by atoms with Gasteiger partial charge in [-0.15, -0.1) is 0 Å². The summed E-state index contributed by atoms with van der Waals surface area (Å²) in [5.74, 6) is 0. The Kier molecular flexibility index (Phi) is 2.72. The highest BCUT2D eigenvalue weighted by Crippen LogP contribution is 2.18. The predicted octanol–water partition coefficient (Wildman–Crippen LogP) is -0.965. The van der Waals surface area contributed by atoms with Crippen LogP contribution in [0.1, 0.15) is 19.8 Å². The number of hydrogen-bond acceptors (Lipinski definition) is 3. The Morgan fingerprint density at radius 1 is 1.50 bits per heavy atom. The van der Waals surface area contributed by atoms with Gasteiger partial charge in [-0.3, -0.25) is 0 Å². The van der Waals surface area contributed by atoms with Crippen LogP contribution < -0.4 is 5.14 Å². The topological polar surface area (TPSA) is 83.6 Å². The van der Waals surface area contributed by atoms with E-state index in [0.717, 1.165) is 4.31 Å². The highest BCUT2D eigenvalue weighted by Gasteiger charge is 2.30. The molecular formula is C6H14N2O3S. The second kappa shape index (κ2) is 3.29. The molecule has 0 aromatic rings. The average molecular weight is 194 g/mol. The van der Waals surface area contributed by atoms with E-state index >= 15 is 0 Å². The van der Waals surface area contributed by atoms with E-state index in [1.807, 2.05) is 0 Å². The molecule has 3 N–H and O–H groups in total. The molecule has 0 aromatic heterocycles. The minimum absolute atomic E-state index is 0.0941. The van der Waals surface area contributed by atoms with Crippen LogP contribution in [0.2, 0.25) is 0 Å². The van der Waals surface area contributed by atoms with Gasteiger partial charge in [0.15, 0.2) is 0 Å². The highest BCUT2D eigenvalue weighted by atomic mass is 32.2. The van der Waals surface area contributed by atoms with E-state index in [-0.39, 0.29) is 12.6 Å². The normalized spacial score (nSPS) is 33.6. The van der Waals surface area contributed by atoms with Gasteiger partial charge < -0.3 is 5.11 Å². The van der Waals surface area contributed by atoms with E-state index in [0.29, 0.717) is 12.8 Å². The van der Waals surface area contributed by atoms with E-state index in [9.17, 15) is 13.5 Å². The second-order valence-electron chi connectivity index (χ2n) is 3.19. The van der Waals surface area contributed by atoms with Crippen molar-refractivity contribution in [3.8, 4) is 0 Å². The summed E-state index contributed by atoms with van der Waals surface area (Å²) in [5, 5.41) is 14.1. The van der Waals surface area contributed by atoms with Gasteiger partial charge in [0, 0.05) is 12.6 Å². The zero-order chi connectivity index (χ0) is 9.35. The van der Waals surface area contributed by atoms with Gasteiger partial charge in [0.2, 0.25) is 0 Å². The van der Waals surface area contributed by atoms with Crippen LogP contribution >= 0.6 is 0 Å². The average Bonchev–Trinajstić information content (AvgIpc) is 1.92. The van der Waals surface area contributed by atoms with Crippen LogP contribution in [0, 0.1) is 0 Å². The molecule has 0 amide bonds. The summed E-state index contributed by atoms with van der Waals surface area (Å²) in [4.78, 5) is 0. The molecule has 72 valence electrons. The van der Waals surface area contributed by atoms with Crippen molar-refractivity contribution in [1.29, 1.82) is 0 Å². The second-order valence-corrected chi connectivity index (χ2v) is 4.69. The van der Waals surface area contributed by atoms with Crippen LogP contribution in [0.15, 0.2) is 0 Å². The molecule has 12 heavy (non-hydrogen) atoms. The van der Waals surface area contributed by atoms with Gasteiger partial charge >= 0.3 is 0 Å². The number of nitrogens with two attached hydrogens (primary N) is 1. The Hall–Kier alpha value is -0.170. The van der Waals surface area contributed by atoms with Crippen LogP contribution in [0.5, 0.6) is 0 Å². The highest BCUT2D eigenvalue weighted by molar-refractivity contribution is 7.86. The molecule has 0 radical (unpaired) electrons. The lowest BCUT2D eigenvalue weighted by Gasteiger charge is -2.33. The van der Waals surface area contributed by atoms with E-state index in [1.165, 1.54) is 0 Å². The molecule has 1 aliphatic heterocycles. The molecule has 0 saturated carbocycles. The lowest BCUT2D eigenvalue weighted by Crippen LogP contribution is -2.49. The summed E-state index contributed by atoms with van der Waals surface area (Å²) in [6.45, 7) is 1.91. The molecule has 2 atom stereocenters. The summed E-state index contributed by atoms with van der Waals surface area (Å²) < 4.78 is 23.0. The minimum atomic E-state index is -3.63. The Morgan fingerprint density at radius 2 is 2.08 bits per heavy atom. The van der Waals surface area contributed by atoms with Crippen molar-refractivity contribution in [2.75, 3.05) is 6.54 Å². The van der Waals surface area contributed by atoms with Crippen LogP contribution in [0.4, 0.5) is 0 Å². The summed E-state index contributed by atoms with van der Waals surface area (Å²) in [6.07, 6.45) is 0.740. The molecule has 6 heteroatoms. The zero-order valence-electron chi connectivity index (χ0n) is 6.97. The van der Waals surface area contributed by atoms with E-state index in [1.54, 1.807) is 6.92 Å². The number of β-amino-alcohol motifs (C(OH)–C–C–N with tert-alkyl or cyclic N) is 1. The fourth-order valence-electron chi connectivity index (χ4n) is 1.41. The molecular weight excluding hydrogens is 180 g/mol. The maximum atomic E-state index is 10.9. The van der Waals surface area contributed by atoms with Gasteiger partial charge in [-0.05, 0) is 19.8 Å². The first-order valence-corrected chi connectivity index (χ1v) is 5.39. The number of aliphatic hydroxyl groups excluding tert-OH is 1. The van der Waals surface area contributed by atoms with Crippen LogP contribution in [0.25, 0.3) is 0 Å². The third-order valence-corrected chi connectivity index (χ3v) is 3.29. The number of hydrogen-bond donors (Lipinski definition) is 2. The number of rotatable bonds is 1. The van der Waals surface area contributed by atoms with Crippen molar-refractivity contribution in [1.82, 2.24) is 4.31 Å². The molecule has 0 aliphatic carbocycles. The van der Waals surface area contributed by atoms with Crippen molar-refractivity contribution in [3.63, 3.8) is 0 Å². The SMILES string of the molecule is C[C@@H]1CC[C@@H](O)CN1S(N)(=O)=O. The Morgan fingerprint density at radius 3 is 2.50 bits per heavy atom. The summed E-state index contributed by atoms with van der Waals surface area (Å²) in [7, 11) is -3.63. The van der Waals surface area contributed by atoms with Gasteiger partial charge in [-0.25, -0.2) is 5.14 Å². The summed E-state index contributed by atoms with van der Waals surface area (Å²) in [6, 6.07) is -0.0941. The first-order valence-electron chi connectivity index (χ1n) is 3.89. The van der Waals surface area contributed by atoms with E-state index < -0.39 is 16.3 Å². The standard InChI is InChI=1S/C6H14N2O3S/c1-5-2-3-6(9)4-8(5)12(7,10)11/h5-6,9H,2-4H2,1H3,(H2,7,10,11)/t5-,6-/m1/s1. The summed E-state index contributed by atoms with van der Waals surface area (Å²) >= 11 is 0. The lowest BCUT2D eigenvalue weighted by molar-refractivity contribution is 0.0856. The smallest absolute Gasteiger partial charge is 0.277 e. The molecule has 0 bridgehead atoms. The Labute approximate surface area is 72.3 Å². The number of piperidine rings is 1. The monoisotopic (exact) mass is 194 g/mol.